The summed E-state index contributed by atoms with van der Waals surface area (Å²) in [5.74, 6) is 0.397. The predicted octanol–water partition coefficient (Wildman–Crippen LogP) is 7.05. The lowest BCUT2D eigenvalue weighted by Gasteiger charge is -2.38. The molecule has 15 heteroatoms. The van der Waals surface area contributed by atoms with Gasteiger partial charge in [-0.25, -0.2) is 0 Å². The number of carbonyl (C=O) groups is 1. The molecular weight excluding hydrogens is 622 g/mol. The summed E-state index contributed by atoms with van der Waals surface area (Å²) in [6.45, 7) is 3.83. The Morgan fingerprint density at radius 3 is 2.28 bits per heavy atom. The first kappa shape index (κ1) is 33.5. The van der Waals surface area contributed by atoms with E-state index in [0.717, 1.165) is 24.3 Å². The number of hydrogen-bond acceptors (Lipinski definition) is 7. The van der Waals surface area contributed by atoms with Crippen molar-refractivity contribution in [1.82, 2.24) is 9.80 Å². The highest BCUT2D eigenvalue weighted by molar-refractivity contribution is 5.79. The molecular formula is C31H34F6N4O5. The second-order valence-electron chi connectivity index (χ2n) is 11.8. The zero-order chi connectivity index (χ0) is 33.4. The van der Waals surface area contributed by atoms with Crippen molar-refractivity contribution in [3.8, 4) is 0 Å². The van der Waals surface area contributed by atoms with Gasteiger partial charge in [0.2, 0.25) is 5.91 Å². The Morgan fingerprint density at radius 2 is 1.67 bits per heavy atom. The molecule has 46 heavy (non-hydrogen) atoms. The van der Waals surface area contributed by atoms with Crippen molar-refractivity contribution in [2.75, 3.05) is 44.7 Å². The molecule has 0 bridgehead atoms. The molecule has 1 aliphatic heterocycles. The quantitative estimate of drug-likeness (QED) is 0.146. The molecule has 1 saturated carbocycles. The summed E-state index contributed by atoms with van der Waals surface area (Å²) in [7, 11) is 1.66. The number of hydrogen-bond donors (Lipinski definition) is 0. The van der Waals surface area contributed by atoms with E-state index in [9.17, 15) is 41.3 Å². The molecule has 2 aliphatic rings. The van der Waals surface area contributed by atoms with E-state index in [-0.39, 0.29) is 36.4 Å². The molecule has 1 atom stereocenters. The van der Waals surface area contributed by atoms with Gasteiger partial charge in [-0.1, -0.05) is 0 Å². The average Bonchev–Trinajstić information content (AvgIpc) is 3.46. The number of carbonyl (C=O) groups excluding carboxylic acids is 1. The van der Waals surface area contributed by atoms with Gasteiger partial charge in [0.25, 0.3) is 5.69 Å². The molecule has 1 unspecified atom stereocenters. The van der Waals surface area contributed by atoms with Crippen LogP contribution in [0.4, 0.5) is 37.7 Å². The smallest absolute Gasteiger partial charge is 0.423 e. The molecule has 250 valence electrons. The first-order valence-electron chi connectivity index (χ1n) is 14.9. The van der Waals surface area contributed by atoms with Gasteiger partial charge in [0, 0.05) is 56.4 Å². The Hall–Kier alpha value is -3.85. The molecule has 9 nitrogen and oxygen atoms in total. The number of anilines is 1. The van der Waals surface area contributed by atoms with Crippen LogP contribution in [0.5, 0.6) is 0 Å². The molecule has 3 aromatic rings. The van der Waals surface area contributed by atoms with Crippen molar-refractivity contribution in [3.05, 3.63) is 69.5 Å². The van der Waals surface area contributed by atoms with Crippen LogP contribution in [0.15, 0.2) is 46.9 Å². The Balaban J connectivity index is 1.07. The minimum absolute atomic E-state index is 0.0911. The van der Waals surface area contributed by atoms with Gasteiger partial charge < -0.3 is 19.0 Å². The van der Waals surface area contributed by atoms with Crippen LogP contribution in [0, 0.1) is 10.1 Å². The van der Waals surface area contributed by atoms with Gasteiger partial charge in [0.1, 0.15) is 23.5 Å². The second kappa shape index (κ2) is 13.1. The van der Waals surface area contributed by atoms with Gasteiger partial charge in [0.15, 0.2) is 0 Å². The monoisotopic (exact) mass is 656 g/mol. The first-order valence-corrected chi connectivity index (χ1v) is 14.9. The maximum atomic E-state index is 13.4. The largest absolute Gasteiger partial charge is 0.459 e. The van der Waals surface area contributed by atoms with Crippen molar-refractivity contribution < 1.29 is 45.2 Å². The van der Waals surface area contributed by atoms with Crippen molar-refractivity contribution in [2.45, 2.75) is 63.1 Å². The van der Waals surface area contributed by atoms with Gasteiger partial charge in [-0.05, 0) is 69.0 Å². The van der Waals surface area contributed by atoms with Crippen molar-refractivity contribution in [1.29, 1.82) is 0 Å². The van der Waals surface area contributed by atoms with Crippen LogP contribution in [0.25, 0.3) is 11.0 Å². The lowest BCUT2D eigenvalue weighted by atomic mass is 9.91. The molecule has 0 radical (unpaired) electrons. The molecule has 5 rings (SSSR count). The number of nitrogens with zero attached hydrogens (tertiary/aromatic N) is 4. The van der Waals surface area contributed by atoms with Crippen LogP contribution in [0.2, 0.25) is 0 Å². The van der Waals surface area contributed by atoms with Crippen LogP contribution >= 0.6 is 0 Å². The summed E-state index contributed by atoms with van der Waals surface area (Å²) >= 11 is 0. The summed E-state index contributed by atoms with van der Waals surface area (Å²) in [5.41, 5.74) is -2.39. The van der Waals surface area contributed by atoms with Crippen molar-refractivity contribution in [3.63, 3.8) is 0 Å². The predicted molar refractivity (Wildman–Crippen MR) is 156 cm³/mol. The topological polar surface area (TPSA) is 92.3 Å². The minimum Gasteiger partial charge on any atom is -0.459 e. The number of furan rings is 1. The number of amides is 1. The number of alkyl halides is 6. The summed E-state index contributed by atoms with van der Waals surface area (Å²) < 4.78 is 91.3. The molecule has 1 aromatic heterocycles. The summed E-state index contributed by atoms with van der Waals surface area (Å²) in [4.78, 5) is 28.4. The van der Waals surface area contributed by atoms with Crippen LogP contribution in [-0.2, 0) is 21.9 Å². The number of benzene rings is 2. The maximum Gasteiger partial charge on any atom is 0.423 e. The van der Waals surface area contributed by atoms with Crippen LogP contribution in [0.3, 0.4) is 0 Å². The molecule has 2 heterocycles. The number of nitro groups is 1. The van der Waals surface area contributed by atoms with Crippen LogP contribution in [-0.4, -0.2) is 72.6 Å². The zero-order valence-corrected chi connectivity index (χ0v) is 25.2. The summed E-state index contributed by atoms with van der Waals surface area (Å²) in [5, 5.41) is 11.5. The summed E-state index contributed by atoms with van der Waals surface area (Å²) in [6, 6.07) is 7.73. The molecule has 2 fully saturated rings. The highest BCUT2D eigenvalue weighted by Gasteiger charge is 2.39. The zero-order valence-electron chi connectivity index (χ0n) is 25.2. The SMILES string of the molecule is CC(c1cc2cc(C(F)(F)F)ccc2o1)N1CCN(C(=O)COC2CCC(N(C)c3ccc([N+](=O)[O-])c(C(F)(F)F)c3)CC2)CC1. The lowest BCUT2D eigenvalue weighted by molar-refractivity contribution is -0.388. The average molecular weight is 657 g/mol. The molecule has 0 spiro atoms. The maximum absolute atomic E-state index is 13.4. The third-order valence-corrected chi connectivity index (χ3v) is 9.01. The number of halogens is 6. The first-order chi connectivity index (χ1) is 21.6. The Kier molecular flexibility index (Phi) is 9.55. The fourth-order valence-corrected chi connectivity index (χ4v) is 6.20. The standard InChI is InChI=1S/C31H34F6N4O5/c1-19(28-16-20-15-21(30(32,33)34)3-10-27(20)46-28)39-11-13-40(14-12-39)29(42)18-45-24-7-4-22(5-8-24)38(2)23-6-9-26(41(43)44)25(17-23)31(35,36)37/h3,6,9-10,15-17,19,22,24H,4-5,7-8,11-14,18H2,1-2H3. The fraction of sp³-hybridized carbons (Fsp3) is 0.516. The van der Waals surface area contributed by atoms with E-state index in [2.05, 4.69) is 4.90 Å². The van der Waals surface area contributed by atoms with Crippen LogP contribution < -0.4 is 4.90 Å². The van der Waals surface area contributed by atoms with Crippen molar-refractivity contribution >= 4 is 28.3 Å². The Morgan fingerprint density at radius 1 is 1.00 bits per heavy atom. The third-order valence-electron chi connectivity index (χ3n) is 9.01. The van der Waals surface area contributed by atoms with Gasteiger partial charge in [-0.3, -0.25) is 19.8 Å². The van der Waals surface area contributed by atoms with E-state index in [1.165, 1.54) is 12.1 Å². The molecule has 1 saturated heterocycles. The van der Waals surface area contributed by atoms with E-state index in [0.29, 0.717) is 68.6 Å². The number of ether oxygens (including phenoxy) is 1. The fourth-order valence-electron chi connectivity index (χ4n) is 6.20. The Labute approximate surface area is 260 Å². The second-order valence-corrected chi connectivity index (χ2v) is 11.8. The van der Waals surface area contributed by atoms with E-state index >= 15 is 0 Å². The van der Waals surface area contributed by atoms with E-state index in [1.54, 1.807) is 22.9 Å². The highest BCUT2D eigenvalue weighted by Crippen LogP contribution is 2.39. The molecule has 0 N–H and O–H groups in total. The van der Waals surface area contributed by atoms with Crippen LogP contribution in [0.1, 0.15) is 55.5 Å². The van der Waals surface area contributed by atoms with Gasteiger partial charge in [-0.2, -0.15) is 26.3 Å². The number of nitro benzene ring substituents is 1. The minimum atomic E-state index is -4.86. The number of fused-ring (bicyclic) bond motifs is 1. The van der Waals surface area contributed by atoms with Gasteiger partial charge in [-0.15, -0.1) is 0 Å². The normalized spacial score (nSPS) is 20.6. The molecule has 2 aromatic carbocycles. The summed E-state index contributed by atoms with van der Waals surface area (Å²) in [6.07, 6.45) is -7.03. The third kappa shape index (κ3) is 7.41. The van der Waals surface area contributed by atoms with E-state index < -0.39 is 34.1 Å². The van der Waals surface area contributed by atoms with Gasteiger partial charge in [0.05, 0.1) is 22.6 Å². The van der Waals surface area contributed by atoms with E-state index in [4.69, 9.17) is 9.15 Å². The molecule has 1 aliphatic carbocycles. The van der Waals surface area contributed by atoms with Crippen molar-refractivity contribution in [2.24, 2.45) is 0 Å². The van der Waals surface area contributed by atoms with E-state index in [1.807, 2.05) is 6.92 Å². The number of piperazine rings is 1. The highest BCUT2D eigenvalue weighted by atomic mass is 19.4. The number of rotatable bonds is 8. The lowest BCUT2D eigenvalue weighted by Crippen LogP contribution is -2.50. The van der Waals surface area contributed by atoms with Gasteiger partial charge >= 0.3 is 12.4 Å². The molecule has 1 amide bonds. The Bertz CT molecular complexity index is 1560.